The molecule has 2 aromatic rings. The van der Waals surface area contributed by atoms with E-state index in [-0.39, 0.29) is 11.8 Å². The van der Waals surface area contributed by atoms with Crippen LogP contribution in [0.25, 0.3) is 0 Å². The number of benzene rings is 1. The van der Waals surface area contributed by atoms with E-state index in [1.807, 2.05) is 24.3 Å². The Balaban J connectivity index is 1.48. The van der Waals surface area contributed by atoms with Gasteiger partial charge in [0.2, 0.25) is 5.91 Å². The van der Waals surface area contributed by atoms with Crippen molar-refractivity contribution in [3.63, 3.8) is 0 Å². The van der Waals surface area contributed by atoms with Crippen molar-refractivity contribution in [2.45, 2.75) is 38.1 Å². The van der Waals surface area contributed by atoms with Gasteiger partial charge in [0, 0.05) is 50.0 Å². The monoisotopic (exact) mass is 519 g/mol. The van der Waals surface area contributed by atoms with Crippen molar-refractivity contribution in [3.8, 4) is 0 Å². The Morgan fingerprint density at radius 1 is 1.21 bits per heavy atom. The van der Waals surface area contributed by atoms with Crippen molar-refractivity contribution >= 4 is 35.2 Å². The molecule has 2 fully saturated rings. The molecule has 1 aromatic heterocycles. The number of morpholine rings is 1. The average molecular weight is 520 g/mol. The van der Waals surface area contributed by atoms with Gasteiger partial charge in [0.05, 0.1) is 24.6 Å². The Morgan fingerprint density at radius 2 is 2.00 bits per heavy atom. The molecular weight excluding hydrogens is 482 g/mol. The highest BCUT2D eigenvalue weighted by molar-refractivity contribution is 5.99. The maximum atomic E-state index is 13.3. The number of aliphatic imine (C=N–C) groups is 1. The number of nitrogens with two attached hydrogens (primary N) is 1. The van der Waals surface area contributed by atoms with E-state index in [4.69, 9.17) is 10.5 Å². The Hall–Kier alpha value is -3.92. The zero-order valence-corrected chi connectivity index (χ0v) is 21.9. The first-order chi connectivity index (χ1) is 18.6. The number of anilines is 3. The smallest absolute Gasteiger partial charge is 0.252 e. The molecule has 1 aromatic carbocycles. The van der Waals surface area contributed by atoms with Crippen molar-refractivity contribution in [1.29, 1.82) is 0 Å². The molecular formula is C28H37N7O3. The predicted octanol–water partition coefficient (Wildman–Crippen LogP) is 2.96. The summed E-state index contributed by atoms with van der Waals surface area (Å²) < 4.78 is 5.47. The Morgan fingerprint density at radius 3 is 2.74 bits per heavy atom. The third kappa shape index (κ3) is 7.32. The lowest BCUT2D eigenvalue weighted by Crippen LogP contribution is -2.47. The quantitative estimate of drug-likeness (QED) is 0.355. The summed E-state index contributed by atoms with van der Waals surface area (Å²) in [5.41, 5.74) is 8.08. The van der Waals surface area contributed by atoms with Crippen molar-refractivity contribution in [2.75, 3.05) is 43.6 Å². The van der Waals surface area contributed by atoms with E-state index in [0.717, 1.165) is 56.0 Å². The van der Waals surface area contributed by atoms with Gasteiger partial charge in [0.15, 0.2) is 5.82 Å². The third-order valence-corrected chi connectivity index (χ3v) is 6.88. The summed E-state index contributed by atoms with van der Waals surface area (Å²) in [7, 11) is 1.60. The van der Waals surface area contributed by atoms with Crippen molar-refractivity contribution in [2.24, 2.45) is 16.6 Å². The van der Waals surface area contributed by atoms with Crippen LogP contribution in [0.1, 0.15) is 42.5 Å². The number of hydrogen-bond donors (Lipinski definition) is 4. The number of nitrogens with one attached hydrogen (secondary N) is 3. The van der Waals surface area contributed by atoms with Gasteiger partial charge in [-0.15, -0.1) is 0 Å². The minimum atomic E-state index is -0.686. The van der Waals surface area contributed by atoms with Crippen LogP contribution in [0.3, 0.4) is 0 Å². The van der Waals surface area contributed by atoms with Crippen LogP contribution < -0.4 is 26.6 Å². The second-order valence-corrected chi connectivity index (χ2v) is 9.59. The van der Waals surface area contributed by atoms with Crippen molar-refractivity contribution in [1.82, 2.24) is 15.6 Å². The highest BCUT2D eigenvalue weighted by atomic mass is 16.5. The highest BCUT2D eigenvalue weighted by Gasteiger charge is 2.27. The molecule has 1 atom stereocenters. The van der Waals surface area contributed by atoms with E-state index in [1.54, 1.807) is 25.4 Å². The molecule has 2 aliphatic rings. The van der Waals surface area contributed by atoms with Crippen LogP contribution >= 0.6 is 0 Å². The number of pyridine rings is 1. The standard InChI is InChI=1S/C28H37N7O3/c1-30-19-23(18-29)33-28(37)25(16-20-6-2-3-7-20)34-27(36)21-8-4-9-22(17-21)32-24-10-5-11-31-26(24)35-12-14-38-15-13-35/h4-5,8-11,17-20,25,32H,2-3,6-7,12-16,29H2,1H3,(H,33,37)(H,34,36)/b23-18+,30-19?. The molecule has 10 heteroatoms. The van der Waals surface area contributed by atoms with E-state index < -0.39 is 6.04 Å². The predicted molar refractivity (Wildman–Crippen MR) is 150 cm³/mol. The number of allylic oxidation sites excluding steroid dienone is 1. The van der Waals surface area contributed by atoms with Gasteiger partial charge in [-0.05, 0) is 42.7 Å². The maximum absolute atomic E-state index is 13.3. The number of ether oxygens (including phenoxy) is 1. The summed E-state index contributed by atoms with van der Waals surface area (Å²) in [4.78, 5) is 37.1. The van der Waals surface area contributed by atoms with Crippen LogP contribution in [0.5, 0.6) is 0 Å². The molecule has 0 bridgehead atoms. The van der Waals surface area contributed by atoms with Gasteiger partial charge in [-0.25, -0.2) is 4.98 Å². The molecule has 0 radical (unpaired) electrons. The number of nitrogens with zero attached hydrogens (tertiary/aromatic N) is 3. The van der Waals surface area contributed by atoms with E-state index >= 15 is 0 Å². The molecule has 1 saturated carbocycles. The Kier molecular flexibility index (Phi) is 9.69. The molecule has 5 N–H and O–H groups in total. The first-order valence-corrected chi connectivity index (χ1v) is 13.2. The van der Waals surface area contributed by atoms with Crippen LogP contribution in [-0.2, 0) is 9.53 Å². The Labute approximate surface area is 223 Å². The van der Waals surface area contributed by atoms with Gasteiger partial charge in [-0.3, -0.25) is 14.6 Å². The highest BCUT2D eigenvalue weighted by Crippen LogP contribution is 2.29. The molecule has 38 heavy (non-hydrogen) atoms. The average Bonchev–Trinajstić information content (AvgIpc) is 3.46. The molecule has 2 heterocycles. The SMILES string of the molecule is CN=C/C(=C\N)NC(=O)C(CC1CCCC1)NC(=O)c1cccc(Nc2cccnc2N2CCOCC2)c1. The molecule has 4 rings (SSSR count). The Bertz CT molecular complexity index is 1150. The second kappa shape index (κ2) is 13.6. The van der Waals surface area contributed by atoms with Crippen LogP contribution in [0.4, 0.5) is 17.2 Å². The zero-order valence-electron chi connectivity index (χ0n) is 21.9. The minimum Gasteiger partial charge on any atom is -0.403 e. The van der Waals surface area contributed by atoms with E-state index in [1.165, 1.54) is 12.4 Å². The summed E-state index contributed by atoms with van der Waals surface area (Å²) in [5, 5.41) is 9.15. The number of aromatic nitrogens is 1. The van der Waals surface area contributed by atoms with Gasteiger partial charge in [0.25, 0.3) is 5.91 Å². The van der Waals surface area contributed by atoms with Gasteiger partial charge in [-0.2, -0.15) is 0 Å². The van der Waals surface area contributed by atoms with Crippen LogP contribution in [-0.4, -0.2) is 62.4 Å². The molecule has 1 unspecified atom stereocenters. The second-order valence-electron chi connectivity index (χ2n) is 9.59. The molecule has 0 spiro atoms. The maximum Gasteiger partial charge on any atom is 0.252 e. The minimum absolute atomic E-state index is 0.304. The normalized spacial score (nSPS) is 17.4. The van der Waals surface area contributed by atoms with Crippen LogP contribution in [0.15, 0.2) is 59.5 Å². The summed E-state index contributed by atoms with van der Waals surface area (Å²) in [6.07, 6.45) is 9.54. The zero-order chi connectivity index (χ0) is 26.7. The molecule has 1 saturated heterocycles. The number of amides is 2. The number of carbonyl (C=O) groups is 2. The first-order valence-electron chi connectivity index (χ1n) is 13.2. The number of hydrogen-bond acceptors (Lipinski definition) is 8. The number of carbonyl (C=O) groups excluding carboxylic acids is 2. The van der Waals surface area contributed by atoms with Crippen molar-refractivity contribution in [3.05, 3.63) is 60.1 Å². The molecule has 2 amide bonds. The van der Waals surface area contributed by atoms with Gasteiger partial charge in [-0.1, -0.05) is 31.7 Å². The molecule has 1 aliphatic heterocycles. The van der Waals surface area contributed by atoms with Crippen molar-refractivity contribution < 1.29 is 14.3 Å². The van der Waals surface area contributed by atoms with Gasteiger partial charge < -0.3 is 31.3 Å². The molecule has 1 aliphatic carbocycles. The van der Waals surface area contributed by atoms with Gasteiger partial charge >= 0.3 is 0 Å². The first kappa shape index (κ1) is 27.1. The lowest BCUT2D eigenvalue weighted by molar-refractivity contribution is -0.122. The summed E-state index contributed by atoms with van der Waals surface area (Å²) in [6.45, 7) is 2.86. The van der Waals surface area contributed by atoms with Gasteiger partial charge in [0.1, 0.15) is 6.04 Å². The van der Waals surface area contributed by atoms with Crippen LogP contribution in [0.2, 0.25) is 0 Å². The topological polar surface area (TPSA) is 134 Å². The van der Waals surface area contributed by atoms with E-state index in [0.29, 0.717) is 36.8 Å². The fraction of sp³-hybridized carbons (Fsp3) is 0.429. The number of rotatable bonds is 10. The largest absolute Gasteiger partial charge is 0.403 e. The van der Waals surface area contributed by atoms with E-state index in [9.17, 15) is 9.59 Å². The fourth-order valence-corrected chi connectivity index (χ4v) is 4.95. The molecule has 202 valence electrons. The molecule has 10 nitrogen and oxygen atoms in total. The summed E-state index contributed by atoms with van der Waals surface area (Å²) in [6, 6.07) is 10.4. The van der Waals surface area contributed by atoms with E-state index in [2.05, 4.69) is 30.8 Å². The lowest BCUT2D eigenvalue weighted by Gasteiger charge is -2.29. The summed E-state index contributed by atoms with van der Waals surface area (Å²) in [5.74, 6) is 0.627. The fourth-order valence-electron chi connectivity index (χ4n) is 4.95. The third-order valence-electron chi connectivity index (χ3n) is 6.88. The summed E-state index contributed by atoms with van der Waals surface area (Å²) >= 11 is 0. The lowest BCUT2D eigenvalue weighted by atomic mass is 9.97. The van der Waals surface area contributed by atoms with Crippen LogP contribution in [0, 0.1) is 5.92 Å².